The van der Waals surface area contributed by atoms with Crippen molar-refractivity contribution >= 4 is 29.4 Å². The van der Waals surface area contributed by atoms with Gasteiger partial charge in [-0.1, -0.05) is 71.9 Å². The van der Waals surface area contributed by atoms with Gasteiger partial charge in [0.05, 0.1) is 11.5 Å². The van der Waals surface area contributed by atoms with Crippen LogP contribution in [-0.2, 0) is 29.3 Å². The van der Waals surface area contributed by atoms with Crippen LogP contribution in [0.5, 0.6) is 0 Å². The molecule has 7 heteroatoms. The predicted molar refractivity (Wildman–Crippen MR) is 126 cm³/mol. The molecule has 0 atom stereocenters. The summed E-state index contributed by atoms with van der Waals surface area (Å²) < 4.78 is 2.10. The average molecular weight is 441 g/mol. The lowest BCUT2D eigenvalue weighted by Crippen LogP contribution is -2.27. The fraction of sp³-hybridized carbons (Fsp3) is 0.348. The Morgan fingerprint density at radius 3 is 2.50 bits per heavy atom. The van der Waals surface area contributed by atoms with Gasteiger partial charge in [0.2, 0.25) is 5.91 Å². The van der Waals surface area contributed by atoms with Crippen molar-refractivity contribution < 1.29 is 4.79 Å². The quantitative estimate of drug-likeness (QED) is 0.445. The van der Waals surface area contributed by atoms with Crippen molar-refractivity contribution in [2.24, 2.45) is 0 Å². The van der Waals surface area contributed by atoms with E-state index >= 15 is 0 Å². The summed E-state index contributed by atoms with van der Waals surface area (Å²) in [6.07, 6.45) is 0.838. The highest BCUT2D eigenvalue weighted by Gasteiger charge is 2.13. The van der Waals surface area contributed by atoms with E-state index in [2.05, 4.69) is 70.3 Å². The van der Waals surface area contributed by atoms with Gasteiger partial charge in [-0.25, -0.2) is 0 Å². The Balaban J connectivity index is 1.42. The summed E-state index contributed by atoms with van der Waals surface area (Å²) in [4.78, 5) is 12.2. The van der Waals surface area contributed by atoms with Crippen LogP contribution in [0.1, 0.15) is 29.4 Å². The minimum Gasteiger partial charge on any atom is -0.355 e. The van der Waals surface area contributed by atoms with Crippen molar-refractivity contribution in [3.63, 3.8) is 0 Å². The van der Waals surface area contributed by atoms with Crippen LogP contribution in [0.2, 0.25) is 0 Å². The molecule has 1 N–H and O–H groups in total. The number of rotatable bonds is 11. The molecule has 1 amide bonds. The Bertz CT molecular complexity index is 926. The fourth-order valence-electron chi connectivity index (χ4n) is 2.97. The lowest BCUT2D eigenvalue weighted by Gasteiger charge is -2.08. The number of thioether (sulfide) groups is 2. The molecule has 3 aromatic rings. The molecule has 0 aliphatic rings. The highest BCUT2D eigenvalue weighted by molar-refractivity contribution is 7.99. The third-order valence-corrected chi connectivity index (χ3v) is 6.61. The molecule has 30 heavy (non-hydrogen) atoms. The van der Waals surface area contributed by atoms with Gasteiger partial charge in [0.15, 0.2) is 5.16 Å². The van der Waals surface area contributed by atoms with E-state index in [1.165, 1.54) is 28.5 Å². The molecule has 0 saturated carbocycles. The first kappa shape index (κ1) is 22.4. The fourth-order valence-corrected chi connectivity index (χ4v) is 4.74. The molecule has 0 unspecified atom stereocenters. The van der Waals surface area contributed by atoms with E-state index in [9.17, 15) is 4.79 Å². The second kappa shape index (κ2) is 11.8. The number of aromatic nitrogens is 3. The molecule has 2 aromatic carbocycles. The van der Waals surface area contributed by atoms with E-state index in [-0.39, 0.29) is 5.91 Å². The molecule has 0 aliphatic carbocycles. The summed E-state index contributed by atoms with van der Waals surface area (Å²) in [5.74, 6) is 3.09. The number of amides is 1. The van der Waals surface area contributed by atoms with Gasteiger partial charge in [-0.05, 0) is 31.4 Å². The molecule has 3 rings (SSSR count). The molecule has 5 nitrogen and oxygen atoms in total. The molecule has 0 spiro atoms. The predicted octanol–water partition coefficient (Wildman–Crippen LogP) is 4.49. The molecule has 0 saturated heterocycles. The van der Waals surface area contributed by atoms with Gasteiger partial charge in [0.1, 0.15) is 5.82 Å². The Morgan fingerprint density at radius 2 is 1.77 bits per heavy atom. The van der Waals surface area contributed by atoms with Crippen LogP contribution in [0.4, 0.5) is 0 Å². The monoisotopic (exact) mass is 440 g/mol. The molecule has 0 bridgehead atoms. The highest BCUT2D eigenvalue weighted by atomic mass is 32.2. The van der Waals surface area contributed by atoms with Gasteiger partial charge in [0, 0.05) is 18.8 Å². The first-order valence-electron chi connectivity index (χ1n) is 10.1. The van der Waals surface area contributed by atoms with Gasteiger partial charge in [-0.2, -0.15) is 0 Å². The lowest BCUT2D eigenvalue weighted by molar-refractivity contribution is -0.118. The van der Waals surface area contributed by atoms with Crippen molar-refractivity contribution in [3.8, 4) is 0 Å². The smallest absolute Gasteiger partial charge is 0.230 e. The van der Waals surface area contributed by atoms with Gasteiger partial charge < -0.3 is 9.88 Å². The maximum Gasteiger partial charge on any atom is 0.230 e. The Hall–Kier alpha value is -2.25. The summed E-state index contributed by atoms with van der Waals surface area (Å²) in [5, 5.41) is 12.4. The summed E-state index contributed by atoms with van der Waals surface area (Å²) in [7, 11) is 0. The van der Waals surface area contributed by atoms with Gasteiger partial charge in [-0.3, -0.25) is 4.79 Å². The topological polar surface area (TPSA) is 59.8 Å². The molecule has 0 radical (unpaired) electrons. The SMILES string of the molecule is CCn1c(CSCc2ccc(C)cc2)nnc1SCC(=O)NCCc1ccccc1. The Morgan fingerprint density at radius 1 is 1.00 bits per heavy atom. The standard InChI is InChI=1S/C23H28N4OS2/c1-3-27-21(16-29-15-20-11-9-18(2)10-12-20)25-26-23(27)30-17-22(28)24-14-13-19-7-5-4-6-8-19/h4-12H,3,13-17H2,1-2H3,(H,24,28). The molecule has 158 valence electrons. The van der Waals surface area contributed by atoms with Crippen LogP contribution in [0, 0.1) is 6.92 Å². The van der Waals surface area contributed by atoms with Crippen LogP contribution >= 0.6 is 23.5 Å². The first-order valence-corrected chi connectivity index (χ1v) is 12.3. The molecular weight excluding hydrogens is 412 g/mol. The van der Waals surface area contributed by atoms with Crippen molar-refractivity contribution in [2.75, 3.05) is 12.3 Å². The maximum absolute atomic E-state index is 12.2. The molecule has 0 fully saturated rings. The maximum atomic E-state index is 12.2. The van der Waals surface area contributed by atoms with Gasteiger partial charge in [-0.15, -0.1) is 22.0 Å². The van der Waals surface area contributed by atoms with Crippen molar-refractivity contribution in [1.82, 2.24) is 20.1 Å². The van der Waals surface area contributed by atoms with Gasteiger partial charge >= 0.3 is 0 Å². The second-order valence-corrected chi connectivity index (χ2v) is 8.92. The zero-order chi connectivity index (χ0) is 21.2. The third kappa shape index (κ3) is 6.92. The first-order chi connectivity index (χ1) is 14.7. The zero-order valence-corrected chi connectivity index (χ0v) is 19.1. The van der Waals surface area contributed by atoms with Crippen LogP contribution in [0.15, 0.2) is 59.8 Å². The van der Waals surface area contributed by atoms with Crippen LogP contribution in [-0.4, -0.2) is 33.0 Å². The van der Waals surface area contributed by atoms with Crippen LogP contribution in [0.3, 0.4) is 0 Å². The second-order valence-electron chi connectivity index (χ2n) is 7.00. The lowest BCUT2D eigenvalue weighted by atomic mass is 10.1. The average Bonchev–Trinajstić information content (AvgIpc) is 3.16. The number of benzene rings is 2. The number of hydrogen-bond donors (Lipinski definition) is 1. The summed E-state index contributed by atoms with van der Waals surface area (Å²) in [6.45, 7) is 5.63. The Kier molecular flexibility index (Phi) is 8.83. The van der Waals surface area contributed by atoms with E-state index in [4.69, 9.17) is 0 Å². The number of aryl methyl sites for hydroxylation is 1. The molecule has 0 aliphatic heterocycles. The number of hydrogen-bond acceptors (Lipinski definition) is 5. The minimum atomic E-state index is 0.0249. The number of carbonyl (C=O) groups is 1. The summed E-state index contributed by atoms with van der Waals surface area (Å²) >= 11 is 3.28. The summed E-state index contributed by atoms with van der Waals surface area (Å²) in [5.41, 5.74) is 3.82. The van der Waals surface area contributed by atoms with E-state index in [1.807, 2.05) is 30.0 Å². The molecule has 1 aromatic heterocycles. The molecular formula is C23H28N4OS2. The van der Waals surface area contributed by atoms with E-state index < -0.39 is 0 Å². The number of nitrogens with zero attached hydrogens (tertiary/aromatic N) is 3. The highest BCUT2D eigenvalue weighted by Crippen LogP contribution is 2.22. The van der Waals surface area contributed by atoms with E-state index in [0.717, 1.165) is 35.5 Å². The minimum absolute atomic E-state index is 0.0249. The normalized spacial score (nSPS) is 10.9. The zero-order valence-electron chi connectivity index (χ0n) is 17.5. The van der Waals surface area contributed by atoms with Crippen molar-refractivity contribution in [1.29, 1.82) is 0 Å². The van der Waals surface area contributed by atoms with Crippen LogP contribution in [0.25, 0.3) is 0 Å². The van der Waals surface area contributed by atoms with Gasteiger partial charge in [0.25, 0.3) is 0 Å². The van der Waals surface area contributed by atoms with E-state index in [0.29, 0.717) is 12.3 Å². The molecule has 1 heterocycles. The largest absolute Gasteiger partial charge is 0.355 e. The summed E-state index contributed by atoms with van der Waals surface area (Å²) in [6, 6.07) is 18.8. The van der Waals surface area contributed by atoms with Crippen LogP contribution < -0.4 is 5.32 Å². The number of carbonyl (C=O) groups excluding carboxylic acids is 1. The van der Waals surface area contributed by atoms with Crippen molar-refractivity contribution in [2.45, 2.75) is 43.5 Å². The van der Waals surface area contributed by atoms with Crippen molar-refractivity contribution in [3.05, 3.63) is 77.1 Å². The number of nitrogens with one attached hydrogen (secondary N) is 1. The van der Waals surface area contributed by atoms with E-state index in [1.54, 1.807) is 0 Å². The Labute approximate surface area is 187 Å². The third-order valence-electron chi connectivity index (χ3n) is 4.64.